The van der Waals surface area contributed by atoms with E-state index >= 15 is 0 Å². The maximum atomic E-state index is 13.6. The average Bonchev–Trinajstić information content (AvgIpc) is 2.89. The molecule has 0 aliphatic rings. The summed E-state index contributed by atoms with van der Waals surface area (Å²) in [5.74, 6) is -1.17. The van der Waals surface area contributed by atoms with Crippen LogP contribution in [0.5, 0.6) is 0 Å². The van der Waals surface area contributed by atoms with Gasteiger partial charge in [0, 0.05) is 16.0 Å². The monoisotopic (exact) mass is 491 g/mol. The molecule has 0 atom stereocenters. The molecule has 0 spiro atoms. The quantitative estimate of drug-likeness (QED) is 0.401. The first kappa shape index (κ1) is 24.2. The molecule has 4 rings (SSSR count). The van der Waals surface area contributed by atoms with Gasteiger partial charge in [0.2, 0.25) is 0 Å². The highest BCUT2D eigenvalue weighted by Crippen LogP contribution is 2.33. The van der Waals surface area contributed by atoms with Gasteiger partial charge in [-0.2, -0.15) is 0 Å². The number of aliphatic hydroxyl groups excluding tert-OH is 1. The van der Waals surface area contributed by atoms with Gasteiger partial charge in [-0.15, -0.1) is 0 Å². The van der Waals surface area contributed by atoms with E-state index in [4.69, 9.17) is 21.1 Å². The number of fused-ring (bicyclic) bond motifs is 1. The van der Waals surface area contributed by atoms with Crippen molar-refractivity contribution in [1.82, 2.24) is 4.57 Å². The number of rotatable bonds is 6. The average molecular weight is 492 g/mol. The van der Waals surface area contributed by atoms with Crippen molar-refractivity contribution in [3.05, 3.63) is 104 Å². The number of halogens is 1. The number of aliphatic hydroxyl groups is 1. The van der Waals surface area contributed by atoms with E-state index in [1.165, 1.54) is 18.8 Å². The number of benzene rings is 3. The van der Waals surface area contributed by atoms with Gasteiger partial charge in [0.05, 0.1) is 32.9 Å². The fourth-order valence-electron chi connectivity index (χ4n) is 4.04. The van der Waals surface area contributed by atoms with E-state index in [9.17, 15) is 19.5 Å². The smallest absolute Gasteiger partial charge is 0.355 e. The third-order valence-corrected chi connectivity index (χ3v) is 5.96. The number of carbonyl (C=O) groups excluding carboxylic acids is 2. The first-order valence-corrected chi connectivity index (χ1v) is 11.1. The first-order chi connectivity index (χ1) is 16.9. The van der Waals surface area contributed by atoms with Crippen LogP contribution < -0.4 is 5.56 Å². The zero-order valence-corrected chi connectivity index (χ0v) is 19.8. The minimum absolute atomic E-state index is 0.0516. The molecule has 0 saturated heterocycles. The Morgan fingerprint density at radius 2 is 1.60 bits per heavy atom. The van der Waals surface area contributed by atoms with E-state index in [0.29, 0.717) is 43.6 Å². The SMILES string of the molecule is COC(=O)c1ccc(Cn2c(C(=O)OC)c(-c3cccc(CO)c3)c3cc(Cl)ccc3c2=O)cc1. The van der Waals surface area contributed by atoms with Crippen molar-refractivity contribution in [2.75, 3.05) is 14.2 Å². The maximum Gasteiger partial charge on any atom is 0.355 e. The van der Waals surface area contributed by atoms with E-state index in [1.807, 2.05) is 0 Å². The molecular weight excluding hydrogens is 470 g/mol. The third-order valence-electron chi connectivity index (χ3n) is 5.73. The summed E-state index contributed by atoms with van der Waals surface area (Å²) >= 11 is 6.27. The number of esters is 2. The molecule has 178 valence electrons. The molecule has 3 aromatic carbocycles. The molecule has 8 heteroatoms. The molecule has 7 nitrogen and oxygen atoms in total. The molecule has 1 N–H and O–H groups in total. The van der Waals surface area contributed by atoms with Gasteiger partial charge >= 0.3 is 11.9 Å². The summed E-state index contributed by atoms with van der Waals surface area (Å²) in [5.41, 5.74) is 2.45. The topological polar surface area (TPSA) is 94.8 Å². The highest BCUT2D eigenvalue weighted by atomic mass is 35.5. The second kappa shape index (κ2) is 10.1. The second-order valence-corrected chi connectivity index (χ2v) is 8.28. The van der Waals surface area contributed by atoms with Crippen molar-refractivity contribution in [1.29, 1.82) is 0 Å². The van der Waals surface area contributed by atoms with Crippen molar-refractivity contribution in [3.8, 4) is 11.1 Å². The first-order valence-electron chi connectivity index (χ1n) is 10.7. The molecule has 0 radical (unpaired) electrons. The van der Waals surface area contributed by atoms with Crippen LogP contribution in [0.25, 0.3) is 21.9 Å². The maximum absolute atomic E-state index is 13.6. The molecule has 0 aliphatic carbocycles. The Balaban J connectivity index is 2.02. The van der Waals surface area contributed by atoms with E-state index in [1.54, 1.807) is 66.7 Å². The lowest BCUT2D eigenvalue weighted by Gasteiger charge is -2.19. The summed E-state index contributed by atoms with van der Waals surface area (Å²) < 4.78 is 11.2. The normalized spacial score (nSPS) is 10.9. The van der Waals surface area contributed by atoms with Crippen LogP contribution in [0.2, 0.25) is 5.02 Å². The van der Waals surface area contributed by atoms with E-state index in [0.717, 1.165) is 0 Å². The summed E-state index contributed by atoms with van der Waals surface area (Å²) in [6.45, 7) is -0.137. The number of ether oxygens (including phenoxy) is 2. The molecule has 0 unspecified atom stereocenters. The van der Waals surface area contributed by atoms with Crippen LogP contribution in [0.3, 0.4) is 0 Å². The van der Waals surface area contributed by atoms with Crippen molar-refractivity contribution < 1.29 is 24.2 Å². The molecule has 0 aliphatic heterocycles. The van der Waals surface area contributed by atoms with Crippen LogP contribution in [-0.4, -0.2) is 35.8 Å². The zero-order chi connectivity index (χ0) is 25.1. The lowest BCUT2D eigenvalue weighted by atomic mass is 9.95. The predicted molar refractivity (Wildman–Crippen MR) is 133 cm³/mol. The molecule has 0 bridgehead atoms. The van der Waals surface area contributed by atoms with Gasteiger partial charge in [-0.25, -0.2) is 9.59 Å². The van der Waals surface area contributed by atoms with Crippen molar-refractivity contribution >= 4 is 34.3 Å². The van der Waals surface area contributed by atoms with Gasteiger partial charge in [-0.1, -0.05) is 41.9 Å². The lowest BCUT2D eigenvalue weighted by Crippen LogP contribution is -2.28. The highest BCUT2D eigenvalue weighted by molar-refractivity contribution is 6.31. The van der Waals surface area contributed by atoms with E-state index < -0.39 is 17.5 Å². The summed E-state index contributed by atoms with van der Waals surface area (Å²) in [6, 6.07) is 18.5. The predicted octanol–water partition coefficient (Wildman–Crippen LogP) is 4.44. The Morgan fingerprint density at radius 3 is 2.26 bits per heavy atom. The van der Waals surface area contributed by atoms with E-state index in [2.05, 4.69) is 0 Å². The van der Waals surface area contributed by atoms with E-state index in [-0.39, 0.29) is 18.8 Å². The molecule has 0 saturated carbocycles. The van der Waals surface area contributed by atoms with Crippen LogP contribution in [0, 0.1) is 0 Å². The summed E-state index contributed by atoms with van der Waals surface area (Å²) in [7, 11) is 2.55. The molecule has 1 heterocycles. The van der Waals surface area contributed by atoms with Crippen LogP contribution in [0.15, 0.2) is 71.5 Å². The van der Waals surface area contributed by atoms with Crippen molar-refractivity contribution in [3.63, 3.8) is 0 Å². The molecule has 0 fully saturated rings. The number of hydrogen-bond acceptors (Lipinski definition) is 6. The van der Waals surface area contributed by atoms with Gasteiger partial charge < -0.3 is 14.6 Å². The Morgan fingerprint density at radius 1 is 0.886 bits per heavy atom. The fraction of sp³-hybridized carbons (Fsp3) is 0.148. The van der Waals surface area contributed by atoms with Crippen molar-refractivity contribution in [2.45, 2.75) is 13.2 Å². The van der Waals surface area contributed by atoms with Crippen LogP contribution in [0.4, 0.5) is 0 Å². The lowest BCUT2D eigenvalue weighted by molar-refractivity contribution is 0.0584. The summed E-state index contributed by atoms with van der Waals surface area (Å²) in [4.78, 5) is 38.5. The molecule has 0 amide bonds. The molecule has 1 aromatic heterocycles. The van der Waals surface area contributed by atoms with Crippen LogP contribution in [0.1, 0.15) is 32.0 Å². The number of hydrogen-bond donors (Lipinski definition) is 1. The number of methoxy groups -OCH3 is 2. The highest BCUT2D eigenvalue weighted by Gasteiger charge is 2.24. The Hall–Kier alpha value is -3.94. The van der Waals surface area contributed by atoms with Gasteiger partial charge in [-0.05, 0) is 58.5 Å². The second-order valence-electron chi connectivity index (χ2n) is 7.84. The Labute approximate surface area is 206 Å². The van der Waals surface area contributed by atoms with Gasteiger partial charge in [-0.3, -0.25) is 9.36 Å². The Bertz CT molecular complexity index is 1490. The minimum atomic E-state index is -0.695. The fourth-order valence-corrected chi connectivity index (χ4v) is 4.22. The summed E-state index contributed by atoms with van der Waals surface area (Å²) in [6.07, 6.45) is 0. The van der Waals surface area contributed by atoms with Gasteiger partial charge in [0.15, 0.2) is 0 Å². The van der Waals surface area contributed by atoms with Crippen LogP contribution >= 0.6 is 11.6 Å². The summed E-state index contributed by atoms with van der Waals surface area (Å²) in [5, 5.41) is 10.9. The minimum Gasteiger partial charge on any atom is -0.465 e. The number of pyridine rings is 1. The number of carbonyl (C=O) groups is 2. The Kier molecular flexibility index (Phi) is 7.00. The molecule has 35 heavy (non-hydrogen) atoms. The molecule has 4 aromatic rings. The standard InChI is InChI=1S/C27H22ClNO6/c1-34-26(32)18-8-6-16(7-9-18)14-29-24(27(33)35-2)23(19-5-3-4-17(12-19)15-30)22-13-20(28)10-11-21(22)25(29)31/h3-13,30H,14-15H2,1-2H3. The zero-order valence-electron chi connectivity index (χ0n) is 19.1. The largest absolute Gasteiger partial charge is 0.465 e. The number of aromatic nitrogens is 1. The van der Waals surface area contributed by atoms with Crippen molar-refractivity contribution in [2.24, 2.45) is 0 Å². The van der Waals surface area contributed by atoms with Gasteiger partial charge in [0.25, 0.3) is 5.56 Å². The molecular formula is C27H22ClNO6. The number of nitrogens with zero attached hydrogens (tertiary/aromatic N) is 1. The van der Waals surface area contributed by atoms with Gasteiger partial charge in [0.1, 0.15) is 5.69 Å². The third kappa shape index (κ3) is 4.69. The van der Waals surface area contributed by atoms with Crippen LogP contribution in [-0.2, 0) is 22.6 Å².